The molecule has 2 saturated heterocycles. The molecule has 30 heavy (non-hydrogen) atoms. The molecule has 1 aromatic heterocycles. The number of likely N-dealkylation sites (N-methyl/N-ethyl adjacent to an activating group) is 1. The van der Waals surface area contributed by atoms with Gasteiger partial charge < -0.3 is 19.0 Å². The monoisotopic (exact) mass is 423 g/mol. The number of hydrogen-bond acceptors (Lipinski definition) is 7. The van der Waals surface area contributed by atoms with Gasteiger partial charge in [0.05, 0.1) is 12.6 Å². The number of fused-ring (bicyclic) bond motifs is 2. The Morgan fingerprint density at radius 2 is 2.07 bits per heavy atom. The fourth-order valence-electron chi connectivity index (χ4n) is 3.56. The Morgan fingerprint density at radius 3 is 2.77 bits per heavy atom. The first-order valence-corrected chi connectivity index (χ1v) is 10.7. The number of rotatable bonds is 8. The Kier molecular flexibility index (Phi) is 6.84. The Hall–Kier alpha value is -2.36. The molecule has 3 rings (SSSR count). The maximum Gasteiger partial charge on any atom is 0.410 e. The van der Waals surface area contributed by atoms with Gasteiger partial charge in [0, 0.05) is 26.6 Å². The molecule has 168 valence electrons. The molecule has 10 heteroatoms. The summed E-state index contributed by atoms with van der Waals surface area (Å²) < 4.78 is 11.2. The summed E-state index contributed by atoms with van der Waals surface area (Å²) >= 11 is 0. The zero-order valence-corrected chi connectivity index (χ0v) is 18.6. The normalized spacial score (nSPS) is 21.3. The number of hydrogen-bond donors (Lipinski definition) is 0. The van der Waals surface area contributed by atoms with Crippen LogP contribution in [-0.4, -0.2) is 75.6 Å². The largest absolute Gasteiger partial charge is 0.444 e. The van der Waals surface area contributed by atoms with Crippen LogP contribution in [0.25, 0.3) is 0 Å². The summed E-state index contributed by atoms with van der Waals surface area (Å²) in [6.45, 7) is 9.12. The van der Waals surface area contributed by atoms with Crippen molar-refractivity contribution in [1.82, 2.24) is 25.1 Å². The molecule has 0 N–H and O–H groups in total. The third kappa shape index (κ3) is 5.21. The first kappa shape index (κ1) is 22.3. The summed E-state index contributed by atoms with van der Waals surface area (Å²) in [4.78, 5) is 33.8. The van der Waals surface area contributed by atoms with Crippen LogP contribution in [0.5, 0.6) is 0 Å². The molecule has 3 heterocycles. The van der Waals surface area contributed by atoms with Crippen molar-refractivity contribution < 1.29 is 23.6 Å². The lowest BCUT2D eigenvalue weighted by Gasteiger charge is -2.27. The van der Waals surface area contributed by atoms with E-state index >= 15 is 0 Å². The number of carbonyl (C=O) groups excluding carboxylic acids is 2. The van der Waals surface area contributed by atoms with Crippen molar-refractivity contribution in [3.05, 3.63) is 11.8 Å². The summed E-state index contributed by atoms with van der Waals surface area (Å²) in [6.07, 6.45) is 3.55. The number of amides is 3. The predicted octanol–water partition coefficient (Wildman–Crippen LogP) is 3.15. The fourth-order valence-corrected chi connectivity index (χ4v) is 3.56. The van der Waals surface area contributed by atoms with Gasteiger partial charge in [0.25, 0.3) is 0 Å². The first-order valence-electron chi connectivity index (χ1n) is 10.7. The lowest BCUT2D eigenvalue weighted by Crippen LogP contribution is -2.35. The molecule has 0 radical (unpaired) electrons. The third-order valence-corrected chi connectivity index (χ3v) is 5.18. The van der Waals surface area contributed by atoms with Crippen LogP contribution in [0.15, 0.2) is 4.42 Å². The minimum atomic E-state index is -0.543. The molecule has 0 spiro atoms. The Labute approximate surface area is 177 Å². The van der Waals surface area contributed by atoms with Crippen molar-refractivity contribution in [3.8, 4) is 0 Å². The molecule has 0 aliphatic carbocycles. The maximum atomic E-state index is 12.8. The van der Waals surface area contributed by atoms with Crippen molar-refractivity contribution in [2.75, 3.05) is 26.7 Å². The standard InChI is InChI=1S/C20H33N5O5/c1-6-7-12-28-25-14-8-9-15(24(13-14)18(25)26)17-22-21-16(29-17)10-11-23(5)19(27)30-20(2,3)4/h14-15H,6-13H2,1-5H3/t14?,15-/m0/s1. The van der Waals surface area contributed by atoms with E-state index in [9.17, 15) is 9.59 Å². The third-order valence-electron chi connectivity index (χ3n) is 5.18. The molecular formula is C20H33N5O5. The van der Waals surface area contributed by atoms with Crippen LogP contribution in [0.3, 0.4) is 0 Å². The van der Waals surface area contributed by atoms with Crippen molar-refractivity contribution in [1.29, 1.82) is 0 Å². The number of ether oxygens (including phenoxy) is 1. The lowest BCUT2D eigenvalue weighted by molar-refractivity contribution is -0.130. The van der Waals surface area contributed by atoms with Gasteiger partial charge in [-0.3, -0.25) is 4.84 Å². The highest BCUT2D eigenvalue weighted by Gasteiger charge is 2.47. The Bertz CT molecular complexity index is 746. The molecule has 2 aliphatic rings. The SMILES string of the molecule is CCCCON1C(=O)N2CC1CC[C@H]2c1nnc(CCN(C)C(=O)OC(C)(C)C)o1. The highest BCUT2D eigenvalue weighted by atomic mass is 16.7. The van der Waals surface area contributed by atoms with Gasteiger partial charge in [0.2, 0.25) is 11.8 Å². The van der Waals surface area contributed by atoms with Crippen LogP contribution in [0.1, 0.15) is 71.2 Å². The van der Waals surface area contributed by atoms with Crippen LogP contribution in [0, 0.1) is 0 Å². The molecule has 2 bridgehead atoms. The highest BCUT2D eigenvalue weighted by molar-refractivity contribution is 5.77. The zero-order valence-electron chi connectivity index (χ0n) is 18.6. The van der Waals surface area contributed by atoms with Gasteiger partial charge in [-0.25, -0.2) is 9.59 Å². The fraction of sp³-hybridized carbons (Fsp3) is 0.800. The second-order valence-electron chi connectivity index (χ2n) is 8.88. The lowest BCUT2D eigenvalue weighted by atomic mass is 10.0. The second kappa shape index (κ2) is 9.20. The van der Waals surface area contributed by atoms with E-state index in [1.807, 2.05) is 20.8 Å². The van der Waals surface area contributed by atoms with Crippen LogP contribution >= 0.6 is 0 Å². The van der Waals surface area contributed by atoms with E-state index < -0.39 is 11.7 Å². The summed E-state index contributed by atoms with van der Waals surface area (Å²) in [7, 11) is 1.67. The molecule has 1 unspecified atom stereocenters. The summed E-state index contributed by atoms with van der Waals surface area (Å²) in [5.41, 5.74) is -0.543. The van der Waals surface area contributed by atoms with E-state index in [0.29, 0.717) is 37.9 Å². The first-order chi connectivity index (χ1) is 14.2. The van der Waals surface area contributed by atoms with Gasteiger partial charge >= 0.3 is 12.1 Å². The summed E-state index contributed by atoms with van der Waals surface area (Å²) in [5.74, 6) is 0.873. The van der Waals surface area contributed by atoms with E-state index in [2.05, 4.69) is 17.1 Å². The summed E-state index contributed by atoms with van der Waals surface area (Å²) in [6, 6.07) is -0.295. The average Bonchev–Trinajstić information content (AvgIpc) is 3.24. The molecule has 2 aliphatic heterocycles. The number of piperidine rings is 1. The van der Waals surface area contributed by atoms with Crippen LogP contribution < -0.4 is 0 Å². The van der Waals surface area contributed by atoms with Crippen LogP contribution in [0.2, 0.25) is 0 Å². The smallest absolute Gasteiger partial charge is 0.410 e. The number of aromatic nitrogens is 2. The van der Waals surface area contributed by atoms with Crippen molar-refractivity contribution in [2.24, 2.45) is 0 Å². The predicted molar refractivity (Wildman–Crippen MR) is 107 cm³/mol. The second-order valence-corrected chi connectivity index (χ2v) is 8.88. The number of urea groups is 1. The number of hydroxylamine groups is 2. The zero-order chi connectivity index (χ0) is 21.9. The minimum Gasteiger partial charge on any atom is -0.444 e. The molecule has 1 aromatic rings. The molecular weight excluding hydrogens is 390 g/mol. The molecule has 3 amide bonds. The molecule has 10 nitrogen and oxygen atoms in total. The number of carbonyl (C=O) groups is 2. The van der Waals surface area contributed by atoms with Crippen molar-refractivity contribution in [2.45, 2.75) is 77.5 Å². The summed E-state index contributed by atoms with van der Waals surface area (Å²) in [5, 5.41) is 9.79. The van der Waals surface area contributed by atoms with Crippen LogP contribution in [-0.2, 0) is 16.0 Å². The van der Waals surface area contributed by atoms with Gasteiger partial charge in [0.1, 0.15) is 11.6 Å². The highest BCUT2D eigenvalue weighted by Crippen LogP contribution is 2.38. The van der Waals surface area contributed by atoms with Crippen molar-refractivity contribution >= 4 is 12.1 Å². The maximum absolute atomic E-state index is 12.8. The van der Waals surface area contributed by atoms with Gasteiger partial charge in [-0.1, -0.05) is 13.3 Å². The van der Waals surface area contributed by atoms with Crippen LogP contribution in [0.4, 0.5) is 9.59 Å². The van der Waals surface area contributed by atoms with Gasteiger partial charge in [0.15, 0.2) is 0 Å². The minimum absolute atomic E-state index is 0.0791. The van der Waals surface area contributed by atoms with E-state index in [0.717, 1.165) is 25.7 Å². The van der Waals surface area contributed by atoms with Gasteiger partial charge in [-0.2, -0.15) is 5.06 Å². The van der Waals surface area contributed by atoms with E-state index in [1.165, 1.54) is 9.96 Å². The number of nitrogens with zero attached hydrogens (tertiary/aromatic N) is 5. The quantitative estimate of drug-likeness (QED) is 0.592. The van der Waals surface area contributed by atoms with E-state index in [1.54, 1.807) is 11.9 Å². The van der Waals surface area contributed by atoms with Gasteiger partial charge in [-0.05, 0) is 40.0 Å². The molecule has 2 fully saturated rings. The number of unbranched alkanes of at least 4 members (excludes halogenated alkanes) is 1. The Morgan fingerprint density at radius 1 is 1.30 bits per heavy atom. The molecule has 0 aromatic carbocycles. The topological polar surface area (TPSA) is 101 Å². The average molecular weight is 424 g/mol. The molecule has 2 atom stereocenters. The van der Waals surface area contributed by atoms with Gasteiger partial charge in [-0.15, -0.1) is 10.2 Å². The molecule has 0 saturated carbocycles. The van der Waals surface area contributed by atoms with Crippen molar-refractivity contribution in [3.63, 3.8) is 0 Å². The van der Waals surface area contributed by atoms with E-state index in [4.69, 9.17) is 14.0 Å². The Balaban J connectivity index is 1.55. The van der Waals surface area contributed by atoms with E-state index in [-0.39, 0.29) is 18.1 Å².